The van der Waals surface area contributed by atoms with Gasteiger partial charge >= 0.3 is 5.97 Å². The van der Waals surface area contributed by atoms with E-state index in [1.807, 2.05) is 0 Å². The van der Waals surface area contributed by atoms with Crippen LogP contribution in [0.2, 0.25) is 0 Å². The zero-order valence-electron chi connectivity index (χ0n) is 9.29. The van der Waals surface area contributed by atoms with Gasteiger partial charge in [-0.2, -0.15) is 0 Å². The van der Waals surface area contributed by atoms with Crippen molar-refractivity contribution in [3.05, 3.63) is 0 Å². The summed E-state index contributed by atoms with van der Waals surface area (Å²) < 4.78 is 14.6. The third kappa shape index (κ3) is 5.94. The first-order valence-corrected chi connectivity index (χ1v) is 5.07. The lowest BCUT2D eigenvalue weighted by atomic mass is 10.1. The highest BCUT2D eigenvalue weighted by atomic mass is 35.5. The molecule has 0 saturated carbocycles. The molecule has 0 radical (unpaired) electrons. The maximum atomic E-state index is 11.1. The average Bonchev–Trinajstić information content (AvgIpc) is 2.28. The highest BCUT2D eigenvalue weighted by Crippen LogP contribution is 2.08. The number of carbonyl (C=O) groups excluding carboxylic acids is 1. The second-order valence-corrected chi connectivity index (χ2v) is 3.23. The van der Waals surface area contributed by atoms with E-state index in [-0.39, 0.29) is 12.3 Å². The number of hydrogen-bond acceptors (Lipinski definition) is 5. The highest BCUT2D eigenvalue weighted by molar-refractivity contribution is 6.14. The molecule has 5 nitrogen and oxygen atoms in total. The maximum Gasteiger partial charge on any atom is 0.324 e. The molecular weight excluding hydrogens is 222 g/mol. The van der Waals surface area contributed by atoms with Crippen LogP contribution >= 0.6 is 11.8 Å². The smallest absolute Gasteiger partial charge is 0.324 e. The Morgan fingerprint density at radius 1 is 1.27 bits per heavy atom. The van der Waals surface area contributed by atoms with Gasteiger partial charge in [0.05, 0.1) is 7.11 Å². The molecule has 0 aliphatic carbocycles. The van der Waals surface area contributed by atoms with Gasteiger partial charge in [0.25, 0.3) is 0 Å². The van der Waals surface area contributed by atoms with Crippen molar-refractivity contribution in [1.82, 2.24) is 4.84 Å². The number of halogens is 1. The van der Waals surface area contributed by atoms with Crippen LogP contribution in [0.3, 0.4) is 0 Å². The minimum atomic E-state index is -0.481. The number of ether oxygens (including phenoxy) is 3. The summed E-state index contributed by atoms with van der Waals surface area (Å²) in [5.41, 5.74) is 0. The van der Waals surface area contributed by atoms with Crippen molar-refractivity contribution in [1.29, 1.82) is 0 Å². The molecule has 0 heterocycles. The number of carbonyl (C=O) groups is 1. The van der Waals surface area contributed by atoms with Crippen LogP contribution in [-0.2, 0) is 19.0 Å². The molecule has 0 aromatic rings. The van der Waals surface area contributed by atoms with E-state index in [2.05, 4.69) is 9.57 Å². The van der Waals surface area contributed by atoms with Crippen LogP contribution in [0.15, 0.2) is 0 Å². The van der Waals surface area contributed by atoms with E-state index in [0.29, 0.717) is 12.8 Å². The van der Waals surface area contributed by atoms with Gasteiger partial charge in [-0.15, -0.1) is 0 Å². The Bertz CT molecular complexity index is 175. The van der Waals surface area contributed by atoms with Crippen LogP contribution < -0.4 is 4.84 Å². The number of hydrogen-bond donors (Lipinski definition) is 1. The lowest BCUT2D eigenvalue weighted by molar-refractivity contribution is -0.143. The van der Waals surface area contributed by atoms with E-state index >= 15 is 0 Å². The first kappa shape index (κ1) is 14.6. The summed E-state index contributed by atoms with van der Waals surface area (Å²) in [7, 11) is 4.48. The number of rotatable bonds is 8. The van der Waals surface area contributed by atoms with Gasteiger partial charge in [-0.1, -0.05) is 0 Å². The number of nitrogens with one attached hydrogen (secondary N) is 1. The zero-order valence-corrected chi connectivity index (χ0v) is 10.0. The largest absolute Gasteiger partial charge is 0.468 e. The highest BCUT2D eigenvalue weighted by Gasteiger charge is 2.18. The molecule has 0 aliphatic rings. The lowest BCUT2D eigenvalue weighted by Crippen LogP contribution is -2.32. The van der Waals surface area contributed by atoms with Crippen LogP contribution in [0.5, 0.6) is 0 Å². The Morgan fingerprint density at radius 3 is 2.27 bits per heavy atom. The molecule has 1 N–H and O–H groups in total. The van der Waals surface area contributed by atoms with E-state index in [1.54, 1.807) is 14.2 Å². The fourth-order valence-corrected chi connectivity index (χ4v) is 1.38. The Kier molecular flexibility index (Phi) is 8.70. The van der Waals surface area contributed by atoms with Crippen molar-refractivity contribution in [2.45, 2.75) is 31.6 Å². The van der Waals surface area contributed by atoms with Crippen LogP contribution in [-0.4, -0.2) is 39.6 Å². The van der Waals surface area contributed by atoms with Crippen LogP contribution in [0.4, 0.5) is 0 Å². The first-order chi connectivity index (χ1) is 7.19. The molecule has 0 fully saturated rings. The molecule has 15 heavy (non-hydrogen) atoms. The lowest BCUT2D eigenvalue weighted by Gasteiger charge is -2.15. The van der Waals surface area contributed by atoms with Crippen LogP contribution in [0, 0.1) is 0 Å². The third-order valence-corrected chi connectivity index (χ3v) is 2.34. The zero-order chi connectivity index (χ0) is 11.7. The second kappa shape index (κ2) is 8.91. The molecule has 0 amide bonds. The van der Waals surface area contributed by atoms with Gasteiger partial charge in [0.15, 0.2) is 6.29 Å². The summed E-state index contributed by atoms with van der Waals surface area (Å²) in [5.74, 6) is -0.364. The molecular formula is C9H18ClNO4. The van der Waals surface area contributed by atoms with Gasteiger partial charge in [0.1, 0.15) is 6.04 Å². The molecule has 0 aliphatic heterocycles. The topological polar surface area (TPSA) is 56.8 Å². The summed E-state index contributed by atoms with van der Waals surface area (Å²) in [6, 6.07) is -0.481. The van der Waals surface area contributed by atoms with Gasteiger partial charge in [0, 0.05) is 14.2 Å². The maximum absolute atomic E-state index is 11.1. The Hall–Kier alpha value is -0.360. The van der Waals surface area contributed by atoms with E-state index in [0.717, 1.165) is 6.42 Å². The standard InChI is InChI=1S/C9H18ClNO4/c1-13-8(14-2)6-4-5-7(11-10)9(12)15-3/h7-8,11H,4-6H2,1-3H3/t7-/m0/s1. The third-order valence-electron chi connectivity index (χ3n) is 2.08. The van der Waals surface area contributed by atoms with Crippen molar-refractivity contribution in [3.63, 3.8) is 0 Å². The average molecular weight is 240 g/mol. The van der Waals surface area contributed by atoms with Crippen molar-refractivity contribution in [2.75, 3.05) is 21.3 Å². The van der Waals surface area contributed by atoms with E-state index in [1.165, 1.54) is 7.11 Å². The van der Waals surface area contributed by atoms with Gasteiger partial charge in [0.2, 0.25) is 0 Å². The number of methoxy groups -OCH3 is 3. The van der Waals surface area contributed by atoms with Crippen molar-refractivity contribution < 1.29 is 19.0 Å². The first-order valence-electron chi connectivity index (χ1n) is 4.69. The Labute approximate surface area is 95.1 Å². The van der Waals surface area contributed by atoms with E-state index in [4.69, 9.17) is 21.3 Å². The minimum absolute atomic E-state index is 0.237. The Morgan fingerprint density at radius 2 is 1.87 bits per heavy atom. The molecule has 0 bridgehead atoms. The fraction of sp³-hybridized carbons (Fsp3) is 0.889. The SMILES string of the molecule is COC(=O)[C@H](CCCC(OC)OC)NCl. The normalized spacial score (nSPS) is 12.9. The molecule has 6 heteroatoms. The van der Waals surface area contributed by atoms with Gasteiger partial charge < -0.3 is 14.2 Å². The molecule has 0 saturated heterocycles. The molecule has 1 atom stereocenters. The summed E-state index contributed by atoms with van der Waals surface area (Å²) in [5, 5.41) is 0. The van der Waals surface area contributed by atoms with Gasteiger partial charge in [-0.05, 0) is 31.0 Å². The molecule has 0 unspecified atom stereocenters. The molecule has 0 aromatic carbocycles. The van der Waals surface area contributed by atoms with Crippen molar-refractivity contribution in [3.8, 4) is 0 Å². The van der Waals surface area contributed by atoms with Crippen molar-refractivity contribution >= 4 is 17.7 Å². The van der Waals surface area contributed by atoms with Crippen molar-refractivity contribution in [2.24, 2.45) is 0 Å². The van der Waals surface area contributed by atoms with Crippen LogP contribution in [0.1, 0.15) is 19.3 Å². The fourth-order valence-electron chi connectivity index (χ4n) is 1.18. The summed E-state index contributed by atoms with van der Waals surface area (Å²) in [6.45, 7) is 0. The minimum Gasteiger partial charge on any atom is -0.468 e. The summed E-state index contributed by atoms with van der Waals surface area (Å²) >= 11 is 5.41. The monoisotopic (exact) mass is 239 g/mol. The van der Waals surface area contributed by atoms with E-state index < -0.39 is 6.04 Å². The molecule has 90 valence electrons. The second-order valence-electron chi connectivity index (χ2n) is 3.02. The molecule has 0 spiro atoms. The van der Waals surface area contributed by atoms with Gasteiger partial charge in [-0.25, -0.2) is 4.84 Å². The predicted octanol–water partition coefficient (Wildman–Crippen LogP) is 1.06. The molecule has 0 aromatic heterocycles. The molecule has 0 rings (SSSR count). The summed E-state index contributed by atoms with van der Waals surface area (Å²) in [6.07, 6.45) is 1.81. The Balaban J connectivity index is 3.76. The number of esters is 1. The predicted molar refractivity (Wildman–Crippen MR) is 56.4 cm³/mol. The van der Waals surface area contributed by atoms with Crippen LogP contribution in [0.25, 0.3) is 0 Å². The van der Waals surface area contributed by atoms with Gasteiger partial charge in [-0.3, -0.25) is 4.79 Å². The summed E-state index contributed by atoms with van der Waals surface area (Å²) in [4.78, 5) is 13.5. The quantitative estimate of drug-likeness (QED) is 0.390. The van der Waals surface area contributed by atoms with E-state index in [9.17, 15) is 4.79 Å².